The monoisotopic (exact) mass is 497 g/mol. The number of allylic oxidation sites excluding steroid dienone is 1. The first-order valence-corrected chi connectivity index (χ1v) is 10.7. The normalized spacial score (nSPS) is 10.8. The van der Waals surface area contributed by atoms with Gasteiger partial charge in [-0.1, -0.05) is 66.7 Å². The average molecular weight is 499 g/mol. The first-order valence-electron chi connectivity index (χ1n) is 10.7. The molecule has 5 rings (SSSR count). The van der Waals surface area contributed by atoms with E-state index in [1.807, 2.05) is 87.5 Å². The van der Waals surface area contributed by atoms with Crippen LogP contribution in [0.4, 0.5) is 0 Å². The summed E-state index contributed by atoms with van der Waals surface area (Å²) in [4.78, 5) is 4.35. The zero-order valence-corrected chi connectivity index (χ0v) is 22.5. The standard InChI is InChI=1S/C15H14NO.C14H11NO.Zn/c1-10-5-6-13-8-7-12(4-3-9-16)11(2)14(13)15(10)17;1-9-4-5-10-6-7-11-3-2-8-15-13(11)12(10)14(9)16;/h3-9,17H,1-2H3;2-8,16H,1H3;/q-1;;/b4-3-;;. The van der Waals surface area contributed by atoms with E-state index in [0.29, 0.717) is 11.5 Å². The molecule has 1 heterocycles. The van der Waals surface area contributed by atoms with Crippen molar-refractivity contribution in [1.29, 1.82) is 0 Å². The Morgan fingerprint density at radius 1 is 0.735 bits per heavy atom. The van der Waals surface area contributed by atoms with Gasteiger partial charge in [-0.15, -0.1) is 0 Å². The minimum Gasteiger partial charge on any atom is -0.811 e. The molecule has 34 heavy (non-hydrogen) atoms. The predicted molar refractivity (Wildman–Crippen MR) is 139 cm³/mol. The van der Waals surface area contributed by atoms with E-state index in [1.165, 1.54) is 0 Å². The number of fused-ring (bicyclic) bond motifs is 4. The van der Waals surface area contributed by atoms with Crippen molar-refractivity contribution < 1.29 is 29.7 Å². The molecule has 0 amide bonds. The van der Waals surface area contributed by atoms with Crippen LogP contribution in [0.5, 0.6) is 11.5 Å². The third-order valence-electron chi connectivity index (χ3n) is 5.95. The van der Waals surface area contributed by atoms with Gasteiger partial charge in [-0.25, -0.2) is 0 Å². The molecule has 0 aliphatic heterocycles. The number of aromatic hydroxyl groups is 2. The number of aryl methyl sites for hydroxylation is 3. The number of phenols is 2. The second-order valence-electron chi connectivity index (χ2n) is 8.09. The van der Waals surface area contributed by atoms with Crippen molar-refractivity contribution in [2.75, 3.05) is 0 Å². The van der Waals surface area contributed by atoms with Crippen molar-refractivity contribution >= 4 is 44.7 Å². The van der Waals surface area contributed by atoms with Crippen molar-refractivity contribution in [2.45, 2.75) is 20.8 Å². The van der Waals surface area contributed by atoms with E-state index in [0.717, 1.165) is 60.9 Å². The molecule has 0 unspecified atom stereocenters. The van der Waals surface area contributed by atoms with Crippen LogP contribution in [0, 0.1) is 20.8 Å². The Morgan fingerprint density at radius 2 is 1.29 bits per heavy atom. The summed E-state index contributed by atoms with van der Waals surface area (Å²) in [6.45, 7) is 5.76. The summed E-state index contributed by atoms with van der Waals surface area (Å²) in [6.07, 6.45) is 6.14. The number of hydrogen-bond donors (Lipinski definition) is 2. The maximum Gasteiger partial charge on any atom is 0.128 e. The van der Waals surface area contributed by atoms with E-state index in [4.69, 9.17) is 5.41 Å². The summed E-state index contributed by atoms with van der Waals surface area (Å²) < 4.78 is 0. The van der Waals surface area contributed by atoms with Gasteiger partial charge in [0.1, 0.15) is 11.5 Å². The van der Waals surface area contributed by atoms with Gasteiger partial charge in [0, 0.05) is 36.4 Å². The van der Waals surface area contributed by atoms with E-state index >= 15 is 0 Å². The summed E-state index contributed by atoms with van der Waals surface area (Å²) >= 11 is 0. The maximum atomic E-state index is 10.1. The molecule has 0 radical (unpaired) electrons. The van der Waals surface area contributed by atoms with Gasteiger partial charge in [-0.3, -0.25) is 4.98 Å². The first kappa shape index (κ1) is 25.1. The van der Waals surface area contributed by atoms with Gasteiger partial charge in [-0.05, 0) is 59.9 Å². The number of rotatable bonds is 2. The fraction of sp³-hybridized carbons (Fsp3) is 0.103. The van der Waals surface area contributed by atoms with Gasteiger partial charge in [-0.2, -0.15) is 6.21 Å². The molecule has 0 aliphatic rings. The van der Waals surface area contributed by atoms with Gasteiger partial charge < -0.3 is 15.6 Å². The molecule has 5 heteroatoms. The van der Waals surface area contributed by atoms with E-state index in [2.05, 4.69) is 4.98 Å². The molecule has 2 N–H and O–H groups in total. The van der Waals surface area contributed by atoms with Gasteiger partial charge >= 0.3 is 0 Å². The third-order valence-corrected chi connectivity index (χ3v) is 5.95. The Hall–Kier alpha value is -3.56. The Labute approximate surface area is 211 Å². The molecule has 0 bridgehead atoms. The Kier molecular flexibility index (Phi) is 7.80. The van der Waals surface area contributed by atoms with Crippen molar-refractivity contribution in [2.24, 2.45) is 0 Å². The number of pyridine rings is 1. The molecule has 4 nitrogen and oxygen atoms in total. The van der Waals surface area contributed by atoms with Crippen LogP contribution in [-0.2, 0) is 19.5 Å². The Bertz CT molecular complexity index is 1540. The molecular weight excluding hydrogens is 474 g/mol. The first-order chi connectivity index (χ1) is 15.9. The van der Waals surface area contributed by atoms with E-state index in [1.54, 1.807) is 12.3 Å². The number of aromatic nitrogens is 1. The minimum atomic E-state index is 0. The summed E-state index contributed by atoms with van der Waals surface area (Å²) in [5.74, 6) is 0.671. The Balaban J connectivity index is 0.000000185. The summed E-state index contributed by atoms with van der Waals surface area (Å²) in [5, 5.41) is 33.7. The number of nitrogens with zero attached hydrogens (tertiary/aromatic N) is 2. The molecule has 1 aromatic heterocycles. The quantitative estimate of drug-likeness (QED) is 0.153. The van der Waals surface area contributed by atoms with E-state index < -0.39 is 0 Å². The van der Waals surface area contributed by atoms with Crippen LogP contribution < -0.4 is 0 Å². The summed E-state index contributed by atoms with van der Waals surface area (Å²) in [7, 11) is 0. The molecular formula is C29H25N2O2Zn-. The molecule has 0 saturated carbocycles. The number of phenolic OH excluding ortho intramolecular Hbond substituents is 2. The summed E-state index contributed by atoms with van der Waals surface area (Å²) in [6, 6.07) is 19.7. The van der Waals surface area contributed by atoms with Gasteiger partial charge in [0.15, 0.2) is 0 Å². The SMILES string of the molecule is Cc1ccc2ccc(/C=C\C=[N-])c(C)c2c1O.Cc1ccc2ccc3cccnc3c2c1O.[Zn]. The van der Waals surface area contributed by atoms with Crippen LogP contribution in [0.3, 0.4) is 0 Å². The maximum absolute atomic E-state index is 10.1. The van der Waals surface area contributed by atoms with Crippen molar-refractivity contribution in [3.8, 4) is 11.5 Å². The van der Waals surface area contributed by atoms with Crippen LogP contribution in [0.1, 0.15) is 22.3 Å². The van der Waals surface area contributed by atoms with Gasteiger partial charge in [0.05, 0.1) is 10.9 Å². The van der Waals surface area contributed by atoms with Crippen molar-refractivity contribution in [1.82, 2.24) is 4.98 Å². The fourth-order valence-electron chi connectivity index (χ4n) is 4.06. The molecule has 0 aliphatic carbocycles. The molecule has 0 atom stereocenters. The second-order valence-corrected chi connectivity index (χ2v) is 8.09. The van der Waals surface area contributed by atoms with Crippen molar-refractivity contribution in [3.63, 3.8) is 0 Å². The Morgan fingerprint density at radius 3 is 1.97 bits per heavy atom. The molecule has 5 aromatic rings. The van der Waals surface area contributed by atoms with Gasteiger partial charge in [0.2, 0.25) is 0 Å². The fourth-order valence-corrected chi connectivity index (χ4v) is 4.06. The second kappa shape index (κ2) is 10.6. The van der Waals surface area contributed by atoms with E-state index in [9.17, 15) is 10.2 Å². The topological polar surface area (TPSA) is 75.7 Å². The minimum absolute atomic E-state index is 0. The van der Waals surface area contributed by atoms with Crippen LogP contribution >= 0.6 is 0 Å². The molecule has 166 valence electrons. The number of hydrogen-bond acceptors (Lipinski definition) is 3. The summed E-state index contributed by atoms with van der Waals surface area (Å²) in [5.41, 5.74) is 4.62. The molecule has 4 aromatic carbocycles. The number of benzene rings is 4. The van der Waals surface area contributed by atoms with Crippen LogP contribution in [-0.4, -0.2) is 21.4 Å². The van der Waals surface area contributed by atoms with Crippen LogP contribution in [0.2, 0.25) is 0 Å². The zero-order chi connectivity index (χ0) is 23.5. The smallest absolute Gasteiger partial charge is 0.128 e. The van der Waals surface area contributed by atoms with Crippen LogP contribution in [0.25, 0.3) is 43.9 Å². The van der Waals surface area contributed by atoms with Crippen molar-refractivity contribution in [3.05, 3.63) is 101 Å². The molecule has 0 fully saturated rings. The average Bonchev–Trinajstić information content (AvgIpc) is 2.83. The predicted octanol–water partition coefficient (Wildman–Crippen LogP) is 7.22. The molecule has 0 saturated heterocycles. The van der Waals surface area contributed by atoms with Crippen LogP contribution in [0.15, 0.2) is 72.9 Å². The van der Waals surface area contributed by atoms with Gasteiger partial charge in [0.25, 0.3) is 0 Å². The largest absolute Gasteiger partial charge is 0.811 e. The molecule has 0 spiro atoms. The zero-order valence-electron chi connectivity index (χ0n) is 19.6. The third kappa shape index (κ3) is 4.71. The van der Waals surface area contributed by atoms with E-state index in [-0.39, 0.29) is 19.5 Å².